The van der Waals surface area contributed by atoms with Crippen molar-refractivity contribution in [2.24, 2.45) is 0 Å². The van der Waals surface area contributed by atoms with Crippen LogP contribution in [0.1, 0.15) is 11.1 Å². The number of rotatable bonds is 9. The van der Waals surface area contributed by atoms with Crippen molar-refractivity contribution in [1.82, 2.24) is 15.1 Å². The Morgan fingerprint density at radius 3 is 2.38 bits per heavy atom. The molecule has 0 atom stereocenters. The molecule has 29 heavy (non-hydrogen) atoms. The van der Waals surface area contributed by atoms with Crippen molar-refractivity contribution in [3.05, 3.63) is 59.7 Å². The summed E-state index contributed by atoms with van der Waals surface area (Å²) in [5, 5.41) is 3.03. The van der Waals surface area contributed by atoms with Gasteiger partial charge in [0.25, 0.3) is 0 Å². The molecule has 0 aromatic heterocycles. The van der Waals surface area contributed by atoms with E-state index in [1.165, 1.54) is 5.56 Å². The minimum absolute atomic E-state index is 0.101. The highest BCUT2D eigenvalue weighted by Crippen LogP contribution is 2.25. The van der Waals surface area contributed by atoms with E-state index < -0.39 is 0 Å². The SMILES string of the molecule is COc1ccc(OC)c(CN2CCN(CC(=O)NCCc3ccccc3)CC2)c1. The molecule has 6 nitrogen and oxygen atoms in total. The Labute approximate surface area is 173 Å². The molecular weight excluding hydrogens is 366 g/mol. The van der Waals surface area contributed by atoms with Gasteiger partial charge in [0.2, 0.25) is 5.91 Å². The van der Waals surface area contributed by atoms with E-state index in [0.29, 0.717) is 13.1 Å². The monoisotopic (exact) mass is 397 g/mol. The van der Waals surface area contributed by atoms with Crippen LogP contribution in [0.25, 0.3) is 0 Å². The number of carbonyl (C=O) groups excluding carboxylic acids is 1. The van der Waals surface area contributed by atoms with Gasteiger partial charge in [-0.25, -0.2) is 0 Å². The van der Waals surface area contributed by atoms with Crippen LogP contribution in [0, 0.1) is 0 Å². The summed E-state index contributed by atoms with van der Waals surface area (Å²) in [4.78, 5) is 16.8. The fourth-order valence-corrected chi connectivity index (χ4v) is 3.60. The van der Waals surface area contributed by atoms with Crippen molar-refractivity contribution < 1.29 is 14.3 Å². The number of carbonyl (C=O) groups is 1. The van der Waals surface area contributed by atoms with E-state index in [1.54, 1.807) is 14.2 Å². The molecule has 2 aromatic carbocycles. The minimum atomic E-state index is 0.101. The number of amides is 1. The average Bonchev–Trinajstić information content (AvgIpc) is 2.76. The van der Waals surface area contributed by atoms with Gasteiger partial charge in [-0.3, -0.25) is 14.6 Å². The van der Waals surface area contributed by atoms with Crippen LogP contribution in [0.2, 0.25) is 0 Å². The molecule has 1 aliphatic rings. The third kappa shape index (κ3) is 6.48. The number of benzene rings is 2. The summed E-state index contributed by atoms with van der Waals surface area (Å²) in [6.07, 6.45) is 0.864. The maximum atomic E-state index is 12.2. The summed E-state index contributed by atoms with van der Waals surface area (Å²) < 4.78 is 10.8. The third-order valence-electron chi connectivity index (χ3n) is 5.29. The van der Waals surface area contributed by atoms with E-state index in [1.807, 2.05) is 36.4 Å². The Hall–Kier alpha value is -2.57. The molecule has 0 unspecified atom stereocenters. The van der Waals surface area contributed by atoms with E-state index in [0.717, 1.165) is 56.2 Å². The predicted octanol–water partition coefficient (Wildman–Crippen LogP) is 2.18. The summed E-state index contributed by atoms with van der Waals surface area (Å²) in [5.41, 5.74) is 2.37. The maximum absolute atomic E-state index is 12.2. The smallest absolute Gasteiger partial charge is 0.234 e. The van der Waals surface area contributed by atoms with E-state index in [-0.39, 0.29) is 5.91 Å². The fourth-order valence-electron chi connectivity index (χ4n) is 3.60. The van der Waals surface area contributed by atoms with Crippen LogP contribution in [-0.4, -0.2) is 69.2 Å². The molecule has 0 saturated carbocycles. The molecule has 1 fully saturated rings. The van der Waals surface area contributed by atoms with Gasteiger partial charge in [-0.2, -0.15) is 0 Å². The highest BCUT2D eigenvalue weighted by atomic mass is 16.5. The number of nitrogens with zero attached hydrogens (tertiary/aromatic N) is 2. The Bertz CT molecular complexity index is 774. The molecule has 1 amide bonds. The van der Waals surface area contributed by atoms with Crippen molar-refractivity contribution in [1.29, 1.82) is 0 Å². The lowest BCUT2D eigenvalue weighted by molar-refractivity contribution is -0.122. The van der Waals surface area contributed by atoms with E-state index >= 15 is 0 Å². The van der Waals surface area contributed by atoms with Crippen LogP contribution in [0.15, 0.2) is 48.5 Å². The number of hydrogen-bond donors (Lipinski definition) is 1. The topological polar surface area (TPSA) is 54.0 Å². The van der Waals surface area contributed by atoms with Gasteiger partial charge in [0.1, 0.15) is 11.5 Å². The molecule has 0 radical (unpaired) electrons. The predicted molar refractivity (Wildman–Crippen MR) is 114 cm³/mol. The van der Waals surface area contributed by atoms with E-state index in [4.69, 9.17) is 9.47 Å². The summed E-state index contributed by atoms with van der Waals surface area (Å²) in [6.45, 7) is 5.59. The summed E-state index contributed by atoms with van der Waals surface area (Å²) >= 11 is 0. The van der Waals surface area contributed by atoms with Gasteiger partial charge in [-0.1, -0.05) is 30.3 Å². The van der Waals surface area contributed by atoms with Crippen molar-refractivity contribution in [2.45, 2.75) is 13.0 Å². The van der Waals surface area contributed by atoms with Crippen molar-refractivity contribution in [2.75, 3.05) is 53.5 Å². The summed E-state index contributed by atoms with van der Waals surface area (Å²) in [6, 6.07) is 16.1. The number of ether oxygens (including phenoxy) is 2. The van der Waals surface area contributed by atoms with Crippen LogP contribution in [0.4, 0.5) is 0 Å². The van der Waals surface area contributed by atoms with Crippen molar-refractivity contribution in [3.63, 3.8) is 0 Å². The Morgan fingerprint density at radius 2 is 1.69 bits per heavy atom. The van der Waals surface area contributed by atoms with Crippen LogP contribution >= 0.6 is 0 Å². The zero-order chi connectivity index (χ0) is 20.5. The van der Waals surface area contributed by atoms with Crippen molar-refractivity contribution in [3.8, 4) is 11.5 Å². The highest BCUT2D eigenvalue weighted by molar-refractivity contribution is 5.78. The first-order valence-electron chi connectivity index (χ1n) is 10.1. The minimum Gasteiger partial charge on any atom is -0.497 e. The molecule has 1 N–H and O–H groups in total. The number of methoxy groups -OCH3 is 2. The highest BCUT2D eigenvalue weighted by Gasteiger charge is 2.20. The lowest BCUT2D eigenvalue weighted by atomic mass is 10.1. The van der Waals surface area contributed by atoms with Gasteiger partial charge in [-0.05, 0) is 30.2 Å². The molecule has 3 rings (SSSR count). The normalized spacial score (nSPS) is 15.1. The van der Waals surface area contributed by atoms with Crippen LogP contribution < -0.4 is 14.8 Å². The third-order valence-corrected chi connectivity index (χ3v) is 5.29. The Balaban J connectivity index is 1.39. The molecule has 156 valence electrons. The van der Waals surface area contributed by atoms with Gasteiger partial charge in [-0.15, -0.1) is 0 Å². The van der Waals surface area contributed by atoms with Gasteiger partial charge in [0, 0.05) is 44.8 Å². The van der Waals surface area contributed by atoms with E-state index in [9.17, 15) is 4.79 Å². The first-order chi connectivity index (χ1) is 14.2. The van der Waals surface area contributed by atoms with Gasteiger partial charge in [0.05, 0.1) is 20.8 Å². The van der Waals surface area contributed by atoms with Gasteiger partial charge in [0.15, 0.2) is 0 Å². The average molecular weight is 398 g/mol. The number of hydrogen-bond acceptors (Lipinski definition) is 5. The molecule has 1 saturated heterocycles. The molecule has 0 aliphatic carbocycles. The van der Waals surface area contributed by atoms with Crippen LogP contribution in [0.5, 0.6) is 11.5 Å². The molecule has 0 spiro atoms. The quantitative estimate of drug-likeness (QED) is 0.703. The Morgan fingerprint density at radius 1 is 0.966 bits per heavy atom. The zero-order valence-electron chi connectivity index (χ0n) is 17.4. The first kappa shape index (κ1) is 21.1. The molecule has 1 aliphatic heterocycles. The van der Waals surface area contributed by atoms with Crippen molar-refractivity contribution >= 4 is 5.91 Å². The molecule has 6 heteroatoms. The second kappa shape index (κ2) is 10.8. The lowest BCUT2D eigenvalue weighted by Crippen LogP contribution is -2.49. The Kier molecular flexibility index (Phi) is 7.90. The molecule has 2 aromatic rings. The largest absolute Gasteiger partial charge is 0.497 e. The lowest BCUT2D eigenvalue weighted by Gasteiger charge is -2.34. The van der Waals surface area contributed by atoms with Gasteiger partial charge >= 0.3 is 0 Å². The number of piperazine rings is 1. The summed E-state index contributed by atoms with van der Waals surface area (Å²) in [5.74, 6) is 1.82. The molecular formula is C23H31N3O3. The zero-order valence-corrected chi connectivity index (χ0v) is 17.4. The maximum Gasteiger partial charge on any atom is 0.234 e. The van der Waals surface area contributed by atoms with Crippen LogP contribution in [-0.2, 0) is 17.8 Å². The number of nitrogens with one attached hydrogen (secondary N) is 1. The second-order valence-corrected chi connectivity index (χ2v) is 7.32. The fraction of sp³-hybridized carbons (Fsp3) is 0.435. The first-order valence-corrected chi connectivity index (χ1v) is 10.1. The molecule has 0 bridgehead atoms. The van der Waals surface area contributed by atoms with E-state index in [2.05, 4.69) is 27.2 Å². The molecule has 1 heterocycles. The summed E-state index contributed by atoms with van der Waals surface area (Å²) in [7, 11) is 3.37. The van der Waals surface area contributed by atoms with Crippen LogP contribution in [0.3, 0.4) is 0 Å². The van der Waals surface area contributed by atoms with Gasteiger partial charge < -0.3 is 14.8 Å². The standard InChI is InChI=1S/C23H31N3O3/c1-28-21-8-9-22(29-2)20(16-21)17-25-12-14-26(15-13-25)18-23(27)24-11-10-19-6-4-3-5-7-19/h3-9,16H,10-15,17-18H2,1-2H3,(H,24,27). The second-order valence-electron chi connectivity index (χ2n) is 7.32.